The quantitative estimate of drug-likeness (QED) is 0.594. The first-order chi connectivity index (χ1) is 14.1. The van der Waals surface area contributed by atoms with Crippen LogP contribution in [0, 0.1) is 12.8 Å². The standard InChI is InChI=1S/C22H26N4O2S/c1-15-24-25-22(29-15)17-3-4-18-14-23-20(12-19(18)11-17)13-21(27)16-5-7-26(8-6-16)9-10-28-2/h3-4,11-12,14,16H,5-10,13H2,1-2H3. The fourth-order valence-electron chi connectivity index (χ4n) is 3.85. The summed E-state index contributed by atoms with van der Waals surface area (Å²) in [5.74, 6) is 0.445. The van der Waals surface area contributed by atoms with Crippen molar-refractivity contribution in [3.05, 3.63) is 41.2 Å². The summed E-state index contributed by atoms with van der Waals surface area (Å²) in [7, 11) is 1.73. The number of methoxy groups -OCH3 is 1. The average Bonchev–Trinajstić information content (AvgIpc) is 3.18. The van der Waals surface area contributed by atoms with Gasteiger partial charge in [0, 0.05) is 48.8 Å². The van der Waals surface area contributed by atoms with Gasteiger partial charge in [-0.05, 0) is 50.4 Å². The van der Waals surface area contributed by atoms with Gasteiger partial charge in [0.1, 0.15) is 15.8 Å². The molecule has 7 heteroatoms. The molecule has 0 unspecified atom stereocenters. The molecule has 1 fully saturated rings. The van der Waals surface area contributed by atoms with E-state index >= 15 is 0 Å². The number of ether oxygens (including phenoxy) is 1. The van der Waals surface area contributed by atoms with Crippen LogP contribution in [0.15, 0.2) is 30.5 Å². The largest absolute Gasteiger partial charge is 0.383 e. The maximum absolute atomic E-state index is 12.8. The molecule has 0 spiro atoms. The van der Waals surface area contributed by atoms with E-state index in [2.05, 4.69) is 32.2 Å². The Morgan fingerprint density at radius 3 is 2.76 bits per heavy atom. The molecule has 1 aromatic carbocycles. The number of likely N-dealkylation sites (tertiary alicyclic amines) is 1. The molecule has 0 saturated carbocycles. The summed E-state index contributed by atoms with van der Waals surface area (Å²) >= 11 is 1.58. The fraction of sp³-hybridized carbons (Fsp3) is 0.455. The van der Waals surface area contributed by atoms with E-state index in [1.54, 1.807) is 18.4 Å². The third-order valence-electron chi connectivity index (χ3n) is 5.56. The molecule has 0 atom stereocenters. The summed E-state index contributed by atoms with van der Waals surface area (Å²) in [5, 5.41) is 12.4. The zero-order valence-electron chi connectivity index (χ0n) is 16.9. The van der Waals surface area contributed by atoms with E-state index in [0.717, 1.165) is 71.1 Å². The third kappa shape index (κ3) is 4.86. The van der Waals surface area contributed by atoms with Crippen LogP contribution in [-0.2, 0) is 16.0 Å². The number of benzene rings is 1. The lowest BCUT2D eigenvalue weighted by atomic mass is 9.90. The summed E-state index contributed by atoms with van der Waals surface area (Å²) in [5.41, 5.74) is 1.89. The summed E-state index contributed by atoms with van der Waals surface area (Å²) < 4.78 is 5.15. The summed E-state index contributed by atoms with van der Waals surface area (Å²) in [4.78, 5) is 19.7. The van der Waals surface area contributed by atoms with Crippen molar-refractivity contribution in [1.82, 2.24) is 20.1 Å². The van der Waals surface area contributed by atoms with Crippen LogP contribution >= 0.6 is 11.3 Å². The van der Waals surface area contributed by atoms with Gasteiger partial charge >= 0.3 is 0 Å². The smallest absolute Gasteiger partial charge is 0.147 e. The molecular formula is C22H26N4O2S. The number of nitrogens with zero attached hydrogens (tertiary/aromatic N) is 4. The van der Waals surface area contributed by atoms with Crippen molar-refractivity contribution in [3.8, 4) is 10.6 Å². The maximum atomic E-state index is 12.8. The number of carbonyl (C=O) groups is 1. The third-order valence-corrected chi connectivity index (χ3v) is 6.45. The molecule has 0 N–H and O–H groups in total. The Morgan fingerprint density at radius 2 is 2.03 bits per heavy atom. The van der Waals surface area contributed by atoms with Crippen molar-refractivity contribution in [2.75, 3.05) is 33.4 Å². The second-order valence-corrected chi connectivity index (χ2v) is 8.80. The molecule has 2 aromatic heterocycles. The average molecular weight is 411 g/mol. The highest BCUT2D eigenvalue weighted by atomic mass is 32.1. The first-order valence-corrected chi connectivity index (χ1v) is 10.9. The van der Waals surface area contributed by atoms with Crippen molar-refractivity contribution in [2.24, 2.45) is 5.92 Å². The van der Waals surface area contributed by atoms with Crippen molar-refractivity contribution in [3.63, 3.8) is 0 Å². The van der Waals surface area contributed by atoms with E-state index in [-0.39, 0.29) is 5.92 Å². The molecule has 0 amide bonds. The number of ketones is 1. The second-order valence-electron chi connectivity index (χ2n) is 7.62. The molecule has 0 radical (unpaired) electrons. The van der Waals surface area contributed by atoms with Gasteiger partial charge in [-0.15, -0.1) is 10.2 Å². The lowest BCUT2D eigenvalue weighted by Crippen LogP contribution is -2.38. The van der Waals surface area contributed by atoms with E-state index in [4.69, 9.17) is 4.74 Å². The zero-order chi connectivity index (χ0) is 20.2. The normalized spacial score (nSPS) is 15.8. The van der Waals surface area contributed by atoms with Crippen molar-refractivity contribution in [1.29, 1.82) is 0 Å². The number of aryl methyl sites for hydroxylation is 1. The fourth-order valence-corrected chi connectivity index (χ4v) is 4.54. The SMILES string of the molecule is COCCN1CCC(C(=O)Cc2cc3cc(-c4nnc(C)s4)ccc3cn2)CC1. The highest BCUT2D eigenvalue weighted by Crippen LogP contribution is 2.27. The van der Waals surface area contributed by atoms with Gasteiger partial charge < -0.3 is 9.64 Å². The van der Waals surface area contributed by atoms with Crippen molar-refractivity contribution >= 4 is 27.9 Å². The number of fused-ring (bicyclic) bond motifs is 1. The van der Waals surface area contributed by atoms with Crippen LogP contribution in [0.4, 0.5) is 0 Å². The molecule has 6 nitrogen and oxygen atoms in total. The topological polar surface area (TPSA) is 68.2 Å². The first-order valence-electron chi connectivity index (χ1n) is 10.1. The molecule has 0 bridgehead atoms. The first kappa shape index (κ1) is 20.1. The van der Waals surface area contributed by atoms with Gasteiger partial charge in [-0.25, -0.2) is 0 Å². The number of Topliss-reactive ketones (excluding diaryl/α,β-unsaturated/α-hetero) is 1. The Hall–Kier alpha value is -2.22. The zero-order valence-corrected chi connectivity index (χ0v) is 17.7. The van der Waals surface area contributed by atoms with Crippen LogP contribution in [-0.4, -0.2) is 59.2 Å². The lowest BCUT2D eigenvalue weighted by molar-refractivity contribution is -0.123. The van der Waals surface area contributed by atoms with Gasteiger partial charge in [0.25, 0.3) is 0 Å². The number of pyridine rings is 1. The molecular weight excluding hydrogens is 384 g/mol. The van der Waals surface area contributed by atoms with E-state index in [9.17, 15) is 4.79 Å². The van der Waals surface area contributed by atoms with Crippen molar-refractivity contribution in [2.45, 2.75) is 26.2 Å². The molecule has 1 saturated heterocycles. The van der Waals surface area contributed by atoms with Gasteiger partial charge in [0.15, 0.2) is 0 Å². The molecule has 1 aliphatic heterocycles. The molecule has 29 heavy (non-hydrogen) atoms. The van der Waals surface area contributed by atoms with Crippen molar-refractivity contribution < 1.29 is 9.53 Å². The summed E-state index contributed by atoms with van der Waals surface area (Å²) in [6.45, 7) is 5.58. The predicted molar refractivity (Wildman–Crippen MR) is 115 cm³/mol. The van der Waals surface area contributed by atoms with Gasteiger partial charge in [0.05, 0.1) is 6.61 Å². The molecule has 4 rings (SSSR count). The number of rotatable bonds is 7. The van der Waals surface area contributed by atoms with Crippen LogP contribution in [0.1, 0.15) is 23.5 Å². The van der Waals surface area contributed by atoms with Gasteiger partial charge in [-0.3, -0.25) is 9.78 Å². The minimum Gasteiger partial charge on any atom is -0.383 e. The Labute approximate surface area is 174 Å². The maximum Gasteiger partial charge on any atom is 0.147 e. The Balaban J connectivity index is 1.43. The number of hydrogen-bond acceptors (Lipinski definition) is 7. The van der Waals surface area contributed by atoms with E-state index < -0.39 is 0 Å². The second kappa shape index (κ2) is 9.07. The molecule has 3 aromatic rings. The van der Waals surface area contributed by atoms with Gasteiger partial charge in [0.2, 0.25) is 0 Å². The Bertz CT molecular complexity index is 995. The monoisotopic (exact) mass is 410 g/mol. The van der Waals surface area contributed by atoms with Crippen LogP contribution in [0.3, 0.4) is 0 Å². The summed E-state index contributed by atoms with van der Waals surface area (Å²) in [6.07, 6.45) is 4.12. The van der Waals surface area contributed by atoms with E-state index in [0.29, 0.717) is 12.2 Å². The molecule has 152 valence electrons. The molecule has 1 aliphatic rings. The predicted octanol–water partition coefficient (Wildman–Crippen LogP) is 3.53. The molecule has 0 aliphatic carbocycles. The lowest BCUT2D eigenvalue weighted by Gasteiger charge is -2.30. The minimum atomic E-state index is 0.141. The highest BCUT2D eigenvalue weighted by molar-refractivity contribution is 7.14. The van der Waals surface area contributed by atoms with Crippen LogP contribution in [0.5, 0.6) is 0 Å². The van der Waals surface area contributed by atoms with E-state index in [1.165, 1.54) is 0 Å². The molecule has 3 heterocycles. The number of piperidine rings is 1. The van der Waals surface area contributed by atoms with Gasteiger partial charge in [-0.1, -0.05) is 23.5 Å². The minimum absolute atomic E-state index is 0.141. The Morgan fingerprint density at radius 1 is 1.21 bits per heavy atom. The van der Waals surface area contributed by atoms with Crippen LogP contribution in [0.25, 0.3) is 21.3 Å². The summed E-state index contributed by atoms with van der Waals surface area (Å²) in [6, 6.07) is 8.25. The Kier molecular flexibility index (Phi) is 6.28. The van der Waals surface area contributed by atoms with Crippen LogP contribution in [0.2, 0.25) is 0 Å². The van der Waals surface area contributed by atoms with Gasteiger partial charge in [-0.2, -0.15) is 0 Å². The number of hydrogen-bond donors (Lipinski definition) is 0. The highest BCUT2D eigenvalue weighted by Gasteiger charge is 2.25. The number of carbonyl (C=O) groups excluding carboxylic acids is 1. The van der Waals surface area contributed by atoms with E-state index in [1.807, 2.05) is 25.3 Å². The number of aromatic nitrogens is 3. The van der Waals surface area contributed by atoms with Crippen LogP contribution < -0.4 is 0 Å².